The molecular weight excluding hydrogens is 194 g/mol. The number of nitrogens with zero attached hydrogens (tertiary/aromatic N) is 1. The smallest absolute Gasteiger partial charge is 0.339 e. The number of hydrogen-bond acceptors (Lipinski definition) is 4. The van der Waals surface area contributed by atoms with Crippen molar-refractivity contribution in [2.24, 2.45) is 0 Å². The molecule has 0 aromatic carbocycles. The number of ether oxygens (including phenoxy) is 2. The van der Waals surface area contributed by atoms with Crippen molar-refractivity contribution in [1.29, 1.82) is 0 Å². The van der Waals surface area contributed by atoms with Gasteiger partial charge in [-0.25, -0.2) is 4.79 Å². The molecule has 0 saturated carbocycles. The SMILES string of the molecule is COC(=O)c1cccnc1CC1(C)CO1. The molecule has 1 aromatic rings. The van der Waals surface area contributed by atoms with Gasteiger partial charge in [0, 0.05) is 12.6 Å². The quantitative estimate of drug-likeness (QED) is 0.552. The zero-order valence-corrected chi connectivity index (χ0v) is 8.82. The number of pyridine rings is 1. The molecule has 1 atom stereocenters. The van der Waals surface area contributed by atoms with Crippen LogP contribution in [0, 0.1) is 0 Å². The number of carbonyl (C=O) groups is 1. The summed E-state index contributed by atoms with van der Waals surface area (Å²) in [4.78, 5) is 15.6. The first kappa shape index (κ1) is 10.1. The lowest BCUT2D eigenvalue weighted by Crippen LogP contribution is -2.15. The average molecular weight is 207 g/mol. The maximum atomic E-state index is 11.4. The minimum atomic E-state index is -0.345. The van der Waals surface area contributed by atoms with Gasteiger partial charge in [-0.2, -0.15) is 0 Å². The Bertz CT molecular complexity index is 385. The van der Waals surface area contributed by atoms with Crippen molar-refractivity contribution in [2.75, 3.05) is 13.7 Å². The van der Waals surface area contributed by atoms with Gasteiger partial charge in [-0.05, 0) is 19.1 Å². The summed E-state index contributed by atoms with van der Waals surface area (Å²) in [5.41, 5.74) is 1.12. The second-order valence-electron chi connectivity index (χ2n) is 3.90. The van der Waals surface area contributed by atoms with E-state index in [1.807, 2.05) is 6.92 Å². The van der Waals surface area contributed by atoms with Crippen LogP contribution in [0.25, 0.3) is 0 Å². The first-order chi connectivity index (χ1) is 7.14. The van der Waals surface area contributed by atoms with E-state index in [-0.39, 0.29) is 11.6 Å². The number of carbonyl (C=O) groups excluding carboxylic acids is 1. The third kappa shape index (κ3) is 2.15. The van der Waals surface area contributed by atoms with Gasteiger partial charge < -0.3 is 9.47 Å². The van der Waals surface area contributed by atoms with Crippen LogP contribution >= 0.6 is 0 Å². The molecule has 0 bridgehead atoms. The predicted octanol–water partition coefficient (Wildman–Crippen LogP) is 1.20. The molecule has 0 spiro atoms. The molecular formula is C11H13NO3. The number of esters is 1. The average Bonchev–Trinajstić information content (AvgIpc) is 2.96. The van der Waals surface area contributed by atoms with Crippen LogP contribution in [0.1, 0.15) is 23.0 Å². The van der Waals surface area contributed by atoms with E-state index in [4.69, 9.17) is 9.47 Å². The Hall–Kier alpha value is -1.42. The minimum Gasteiger partial charge on any atom is -0.465 e. The van der Waals surface area contributed by atoms with Gasteiger partial charge in [0.1, 0.15) is 0 Å². The monoisotopic (exact) mass is 207 g/mol. The van der Waals surface area contributed by atoms with Crippen LogP contribution < -0.4 is 0 Å². The second-order valence-corrected chi connectivity index (χ2v) is 3.90. The van der Waals surface area contributed by atoms with E-state index in [1.165, 1.54) is 7.11 Å². The van der Waals surface area contributed by atoms with Crippen LogP contribution in [0.4, 0.5) is 0 Å². The molecule has 0 radical (unpaired) electrons. The van der Waals surface area contributed by atoms with Crippen LogP contribution in [0.2, 0.25) is 0 Å². The van der Waals surface area contributed by atoms with E-state index in [0.29, 0.717) is 12.0 Å². The van der Waals surface area contributed by atoms with Crippen molar-refractivity contribution in [1.82, 2.24) is 4.98 Å². The van der Waals surface area contributed by atoms with Gasteiger partial charge in [0.2, 0.25) is 0 Å². The minimum absolute atomic E-state index is 0.142. The molecule has 0 amide bonds. The normalized spacial score (nSPS) is 23.6. The first-order valence-corrected chi connectivity index (χ1v) is 4.81. The number of methoxy groups -OCH3 is 1. The molecule has 80 valence electrons. The van der Waals surface area contributed by atoms with Crippen molar-refractivity contribution in [3.05, 3.63) is 29.6 Å². The Balaban J connectivity index is 2.25. The maximum Gasteiger partial charge on any atom is 0.339 e. The summed E-state index contributed by atoms with van der Waals surface area (Å²) in [7, 11) is 1.37. The third-order valence-corrected chi connectivity index (χ3v) is 2.47. The molecule has 0 N–H and O–H groups in total. The van der Waals surface area contributed by atoms with E-state index in [1.54, 1.807) is 18.3 Å². The van der Waals surface area contributed by atoms with Gasteiger partial charge in [-0.3, -0.25) is 4.98 Å². The van der Waals surface area contributed by atoms with Crippen molar-refractivity contribution in [3.8, 4) is 0 Å². The largest absolute Gasteiger partial charge is 0.465 e. The second kappa shape index (κ2) is 3.62. The highest BCUT2D eigenvalue weighted by molar-refractivity contribution is 5.90. The topological polar surface area (TPSA) is 51.7 Å². The van der Waals surface area contributed by atoms with Gasteiger partial charge in [0.05, 0.1) is 30.6 Å². The number of hydrogen-bond donors (Lipinski definition) is 0. The zero-order valence-electron chi connectivity index (χ0n) is 8.82. The summed E-state index contributed by atoms with van der Waals surface area (Å²) in [5, 5.41) is 0. The number of aromatic nitrogens is 1. The van der Waals surface area contributed by atoms with Crippen molar-refractivity contribution < 1.29 is 14.3 Å². The van der Waals surface area contributed by atoms with Crippen molar-refractivity contribution in [2.45, 2.75) is 18.9 Å². The predicted molar refractivity (Wildman–Crippen MR) is 53.6 cm³/mol. The summed E-state index contributed by atoms with van der Waals surface area (Å²) in [6.45, 7) is 2.73. The van der Waals surface area contributed by atoms with Gasteiger partial charge in [0.25, 0.3) is 0 Å². The van der Waals surface area contributed by atoms with Crippen LogP contribution in [-0.2, 0) is 15.9 Å². The van der Waals surface area contributed by atoms with Gasteiger partial charge in [-0.1, -0.05) is 0 Å². The Kier molecular flexibility index (Phi) is 2.44. The Morgan fingerprint density at radius 2 is 2.47 bits per heavy atom. The highest BCUT2D eigenvalue weighted by Crippen LogP contribution is 2.30. The summed E-state index contributed by atoms with van der Waals surface area (Å²) in [6.07, 6.45) is 2.33. The van der Waals surface area contributed by atoms with E-state index >= 15 is 0 Å². The molecule has 4 nitrogen and oxygen atoms in total. The summed E-state index contributed by atoms with van der Waals surface area (Å²) in [6, 6.07) is 3.45. The zero-order chi connectivity index (χ0) is 10.9. The molecule has 1 aliphatic rings. The lowest BCUT2D eigenvalue weighted by molar-refractivity contribution is 0.0598. The molecule has 1 unspecified atom stereocenters. The third-order valence-electron chi connectivity index (χ3n) is 2.47. The van der Waals surface area contributed by atoms with E-state index in [0.717, 1.165) is 12.3 Å². The molecule has 2 heterocycles. The molecule has 15 heavy (non-hydrogen) atoms. The molecule has 1 fully saturated rings. The van der Waals surface area contributed by atoms with E-state index in [2.05, 4.69) is 4.98 Å². The van der Waals surface area contributed by atoms with Crippen LogP contribution in [0.15, 0.2) is 18.3 Å². The van der Waals surface area contributed by atoms with Crippen LogP contribution in [-0.4, -0.2) is 30.3 Å². The van der Waals surface area contributed by atoms with Gasteiger partial charge >= 0.3 is 5.97 Å². The lowest BCUT2D eigenvalue weighted by Gasteiger charge is -2.08. The summed E-state index contributed by atoms with van der Waals surface area (Å²) in [5.74, 6) is -0.345. The molecule has 2 rings (SSSR count). The fourth-order valence-corrected chi connectivity index (χ4v) is 1.45. The van der Waals surface area contributed by atoms with Gasteiger partial charge in [0.15, 0.2) is 0 Å². The Morgan fingerprint density at radius 3 is 3.07 bits per heavy atom. The molecule has 1 aliphatic heterocycles. The molecule has 4 heteroatoms. The standard InChI is InChI=1S/C11H13NO3/c1-11(7-15-11)6-9-8(10(13)14-2)4-3-5-12-9/h3-5H,6-7H2,1-2H3. The molecule has 1 aromatic heterocycles. The highest BCUT2D eigenvalue weighted by atomic mass is 16.6. The lowest BCUT2D eigenvalue weighted by atomic mass is 10.0. The van der Waals surface area contributed by atoms with E-state index < -0.39 is 0 Å². The van der Waals surface area contributed by atoms with Gasteiger partial charge in [-0.15, -0.1) is 0 Å². The maximum absolute atomic E-state index is 11.4. The fraction of sp³-hybridized carbons (Fsp3) is 0.455. The summed E-state index contributed by atoms with van der Waals surface area (Å²) >= 11 is 0. The van der Waals surface area contributed by atoms with Crippen LogP contribution in [0.5, 0.6) is 0 Å². The number of epoxide rings is 1. The fourth-order valence-electron chi connectivity index (χ4n) is 1.45. The van der Waals surface area contributed by atoms with E-state index in [9.17, 15) is 4.79 Å². The van der Waals surface area contributed by atoms with Crippen molar-refractivity contribution in [3.63, 3.8) is 0 Å². The highest BCUT2D eigenvalue weighted by Gasteiger charge is 2.40. The Morgan fingerprint density at radius 1 is 1.73 bits per heavy atom. The van der Waals surface area contributed by atoms with Crippen LogP contribution in [0.3, 0.4) is 0 Å². The molecule has 0 aliphatic carbocycles. The number of rotatable bonds is 3. The first-order valence-electron chi connectivity index (χ1n) is 4.81. The molecule has 1 saturated heterocycles. The Labute approximate surface area is 88.2 Å². The summed E-state index contributed by atoms with van der Waals surface area (Å²) < 4.78 is 9.97. The van der Waals surface area contributed by atoms with Crippen molar-refractivity contribution >= 4 is 5.97 Å².